The van der Waals surface area contributed by atoms with E-state index < -0.39 is 11.9 Å². The molecule has 0 aliphatic heterocycles. The fourth-order valence-electron chi connectivity index (χ4n) is 2.43. The first-order chi connectivity index (χ1) is 8.99. The largest absolute Gasteiger partial charge is 0.481 e. The van der Waals surface area contributed by atoms with E-state index in [1.165, 1.54) is 11.3 Å². The van der Waals surface area contributed by atoms with Crippen LogP contribution in [-0.2, 0) is 9.59 Å². The van der Waals surface area contributed by atoms with Crippen LogP contribution in [0.15, 0.2) is 15.9 Å². The van der Waals surface area contributed by atoms with Gasteiger partial charge in [0.2, 0.25) is 5.91 Å². The van der Waals surface area contributed by atoms with E-state index in [1.807, 2.05) is 19.1 Å². The second kappa shape index (κ2) is 6.05. The molecule has 1 saturated carbocycles. The van der Waals surface area contributed by atoms with E-state index in [4.69, 9.17) is 5.11 Å². The number of amides is 1. The first kappa shape index (κ1) is 14.5. The lowest BCUT2D eigenvalue weighted by Crippen LogP contribution is -2.41. The summed E-state index contributed by atoms with van der Waals surface area (Å²) in [6.45, 7) is 1.85. The molecule has 6 heteroatoms. The van der Waals surface area contributed by atoms with Gasteiger partial charge in [-0.3, -0.25) is 9.59 Å². The van der Waals surface area contributed by atoms with Gasteiger partial charge in [-0.2, -0.15) is 0 Å². The summed E-state index contributed by atoms with van der Waals surface area (Å²) in [6.07, 6.45) is 2.27. The fourth-order valence-corrected chi connectivity index (χ4v) is 3.90. The SMILES string of the molecule is CC(C(=O)N[C@@H]1CCC[C@@H]1C(=O)O)c1ccc(Br)s1. The molecule has 3 atom stereocenters. The molecule has 0 aromatic carbocycles. The predicted molar refractivity (Wildman–Crippen MR) is 77.3 cm³/mol. The minimum absolute atomic E-state index is 0.0903. The molecule has 2 rings (SSSR count). The maximum absolute atomic E-state index is 12.2. The molecule has 1 aromatic rings. The molecule has 0 spiro atoms. The van der Waals surface area contributed by atoms with Gasteiger partial charge in [0.25, 0.3) is 0 Å². The van der Waals surface area contributed by atoms with Crippen molar-refractivity contribution in [3.63, 3.8) is 0 Å². The molecule has 1 aromatic heterocycles. The maximum atomic E-state index is 12.2. The molecule has 1 unspecified atom stereocenters. The van der Waals surface area contributed by atoms with Crippen LogP contribution < -0.4 is 5.32 Å². The van der Waals surface area contributed by atoms with Crippen molar-refractivity contribution in [2.45, 2.75) is 38.1 Å². The van der Waals surface area contributed by atoms with Gasteiger partial charge in [0.1, 0.15) is 0 Å². The highest BCUT2D eigenvalue weighted by Crippen LogP contribution is 2.30. The van der Waals surface area contributed by atoms with Gasteiger partial charge in [0.15, 0.2) is 0 Å². The molecule has 104 valence electrons. The summed E-state index contributed by atoms with van der Waals surface area (Å²) in [5.74, 6) is -1.58. The molecule has 0 bridgehead atoms. The van der Waals surface area contributed by atoms with Crippen LogP contribution >= 0.6 is 27.3 Å². The molecule has 0 saturated heterocycles. The highest BCUT2D eigenvalue weighted by molar-refractivity contribution is 9.11. The number of thiophene rings is 1. The van der Waals surface area contributed by atoms with E-state index in [0.717, 1.165) is 21.5 Å². The summed E-state index contributed by atoms with van der Waals surface area (Å²) in [5, 5.41) is 12.0. The Hall–Kier alpha value is -0.880. The predicted octanol–water partition coefficient (Wildman–Crippen LogP) is 2.98. The molecule has 1 aliphatic rings. The molecule has 1 fully saturated rings. The first-order valence-corrected chi connectivity index (χ1v) is 7.88. The lowest BCUT2D eigenvalue weighted by atomic mass is 10.0. The summed E-state index contributed by atoms with van der Waals surface area (Å²) in [4.78, 5) is 24.2. The molecule has 1 aliphatic carbocycles. The zero-order chi connectivity index (χ0) is 14.0. The van der Waals surface area contributed by atoms with E-state index in [1.54, 1.807) is 0 Å². The highest BCUT2D eigenvalue weighted by Gasteiger charge is 2.34. The normalized spacial score (nSPS) is 24.1. The molecule has 4 nitrogen and oxygen atoms in total. The zero-order valence-electron chi connectivity index (χ0n) is 10.6. The van der Waals surface area contributed by atoms with Crippen molar-refractivity contribution in [2.24, 2.45) is 5.92 Å². The van der Waals surface area contributed by atoms with E-state index in [2.05, 4.69) is 21.2 Å². The Balaban J connectivity index is 1.99. The third kappa shape index (κ3) is 3.36. The number of carbonyl (C=O) groups is 2. The Morgan fingerprint density at radius 2 is 2.21 bits per heavy atom. The molecule has 2 N–H and O–H groups in total. The summed E-state index contributed by atoms with van der Waals surface area (Å²) >= 11 is 4.90. The third-order valence-corrected chi connectivity index (χ3v) is 5.38. The number of carboxylic acid groups (broad SMARTS) is 1. The number of hydrogen-bond acceptors (Lipinski definition) is 3. The molecule has 1 amide bonds. The van der Waals surface area contributed by atoms with E-state index in [-0.39, 0.29) is 17.9 Å². The number of carbonyl (C=O) groups excluding carboxylic acids is 1. The Bertz CT molecular complexity index is 488. The van der Waals surface area contributed by atoms with Crippen molar-refractivity contribution in [1.29, 1.82) is 0 Å². The standard InChI is InChI=1S/C13H16BrNO3S/c1-7(10-5-6-11(14)19-10)12(16)15-9-4-2-3-8(9)13(17)18/h5-9H,2-4H2,1H3,(H,15,16)(H,17,18)/t7?,8-,9+/m0/s1. The van der Waals surface area contributed by atoms with Crippen LogP contribution in [-0.4, -0.2) is 23.0 Å². The monoisotopic (exact) mass is 345 g/mol. The number of aliphatic carboxylic acids is 1. The van der Waals surface area contributed by atoms with Gasteiger partial charge in [-0.1, -0.05) is 6.42 Å². The average Bonchev–Trinajstić information content (AvgIpc) is 2.97. The third-order valence-electron chi connectivity index (χ3n) is 3.57. The van der Waals surface area contributed by atoms with Gasteiger partial charge in [-0.25, -0.2) is 0 Å². The van der Waals surface area contributed by atoms with Crippen LogP contribution in [0.5, 0.6) is 0 Å². The lowest BCUT2D eigenvalue weighted by molar-refractivity contribution is -0.142. The Labute approximate surface area is 124 Å². The van der Waals surface area contributed by atoms with Crippen LogP contribution in [0.25, 0.3) is 0 Å². The number of rotatable bonds is 4. The van der Waals surface area contributed by atoms with Gasteiger partial charge in [-0.05, 0) is 47.8 Å². The average molecular weight is 346 g/mol. The topological polar surface area (TPSA) is 66.4 Å². The molecule has 19 heavy (non-hydrogen) atoms. The highest BCUT2D eigenvalue weighted by atomic mass is 79.9. The van der Waals surface area contributed by atoms with Gasteiger partial charge in [0.05, 0.1) is 15.6 Å². The summed E-state index contributed by atoms with van der Waals surface area (Å²) in [5.41, 5.74) is 0. The van der Waals surface area contributed by atoms with Gasteiger partial charge in [-0.15, -0.1) is 11.3 Å². The minimum atomic E-state index is -0.811. The minimum Gasteiger partial charge on any atom is -0.481 e. The van der Waals surface area contributed by atoms with Crippen molar-refractivity contribution in [2.75, 3.05) is 0 Å². The summed E-state index contributed by atoms with van der Waals surface area (Å²) in [6, 6.07) is 3.61. The summed E-state index contributed by atoms with van der Waals surface area (Å²) < 4.78 is 0.992. The van der Waals surface area contributed by atoms with E-state index >= 15 is 0 Å². The number of hydrogen-bond donors (Lipinski definition) is 2. The lowest BCUT2D eigenvalue weighted by Gasteiger charge is -2.19. The molecular formula is C13H16BrNO3S. The van der Waals surface area contributed by atoms with Crippen molar-refractivity contribution in [3.8, 4) is 0 Å². The van der Waals surface area contributed by atoms with Crippen LogP contribution in [0, 0.1) is 5.92 Å². The Morgan fingerprint density at radius 1 is 1.47 bits per heavy atom. The van der Waals surface area contributed by atoms with Crippen molar-refractivity contribution in [3.05, 3.63) is 20.8 Å². The Kier molecular flexibility index (Phi) is 4.62. The molecular weight excluding hydrogens is 330 g/mol. The Morgan fingerprint density at radius 3 is 2.79 bits per heavy atom. The van der Waals surface area contributed by atoms with E-state index in [0.29, 0.717) is 6.42 Å². The van der Waals surface area contributed by atoms with Crippen molar-refractivity contribution >= 4 is 39.1 Å². The quantitative estimate of drug-likeness (QED) is 0.881. The zero-order valence-corrected chi connectivity index (χ0v) is 13.0. The number of carboxylic acids is 1. The van der Waals surface area contributed by atoms with E-state index in [9.17, 15) is 9.59 Å². The van der Waals surface area contributed by atoms with Crippen LogP contribution in [0.2, 0.25) is 0 Å². The fraction of sp³-hybridized carbons (Fsp3) is 0.538. The van der Waals surface area contributed by atoms with Gasteiger partial charge in [0, 0.05) is 10.9 Å². The van der Waals surface area contributed by atoms with Crippen LogP contribution in [0.3, 0.4) is 0 Å². The second-order valence-electron chi connectivity index (χ2n) is 4.85. The first-order valence-electron chi connectivity index (χ1n) is 6.27. The second-order valence-corrected chi connectivity index (χ2v) is 7.35. The maximum Gasteiger partial charge on any atom is 0.308 e. The van der Waals surface area contributed by atoms with Gasteiger partial charge >= 0.3 is 5.97 Å². The van der Waals surface area contributed by atoms with Crippen molar-refractivity contribution in [1.82, 2.24) is 5.32 Å². The van der Waals surface area contributed by atoms with Crippen LogP contribution in [0.1, 0.15) is 37.0 Å². The van der Waals surface area contributed by atoms with Crippen LogP contribution in [0.4, 0.5) is 0 Å². The smallest absolute Gasteiger partial charge is 0.308 e. The van der Waals surface area contributed by atoms with Crippen molar-refractivity contribution < 1.29 is 14.7 Å². The van der Waals surface area contributed by atoms with Gasteiger partial charge < -0.3 is 10.4 Å². The molecule has 1 heterocycles. The number of halogens is 1. The number of nitrogens with one attached hydrogen (secondary N) is 1. The molecule has 0 radical (unpaired) electrons. The summed E-state index contributed by atoms with van der Waals surface area (Å²) in [7, 11) is 0.